The molecule has 138 valence electrons. The zero-order valence-corrected chi connectivity index (χ0v) is 15.0. The van der Waals surface area contributed by atoms with Crippen LogP contribution in [0.4, 0.5) is 0 Å². The molecule has 2 saturated carbocycles. The molecule has 2 N–H and O–H groups in total. The molecule has 1 saturated heterocycles. The molecule has 0 spiro atoms. The van der Waals surface area contributed by atoms with E-state index in [2.05, 4.69) is 4.72 Å². The van der Waals surface area contributed by atoms with Crippen molar-refractivity contribution in [2.45, 2.75) is 63.5 Å². The minimum absolute atomic E-state index is 0.0567. The number of nitrogens with one attached hydrogen (secondary N) is 1. The van der Waals surface area contributed by atoms with Gasteiger partial charge in [-0.15, -0.1) is 0 Å². The highest BCUT2D eigenvalue weighted by atomic mass is 32.2. The normalized spacial score (nSPS) is 29.2. The standard InChI is InChI=1S/C16H29N3O4S/c20-16(21)12-18(11-13-5-6-13)15-9-14(10-15)17-24(22,23)19-7-3-1-2-4-8-19/h13-15,17H,1-12H2,(H,20,21). The molecule has 0 aromatic carbocycles. The number of aliphatic carboxylic acids is 1. The van der Waals surface area contributed by atoms with E-state index in [0.717, 1.165) is 32.2 Å². The van der Waals surface area contributed by atoms with Crippen LogP contribution in [0, 0.1) is 5.92 Å². The Morgan fingerprint density at radius 1 is 1.12 bits per heavy atom. The van der Waals surface area contributed by atoms with Gasteiger partial charge in [0.05, 0.1) is 6.54 Å². The van der Waals surface area contributed by atoms with Gasteiger partial charge in [0, 0.05) is 31.7 Å². The van der Waals surface area contributed by atoms with E-state index in [4.69, 9.17) is 5.11 Å². The fraction of sp³-hybridized carbons (Fsp3) is 0.938. The van der Waals surface area contributed by atoms with Crippen molar-refractivity contribution in [3.05, 3.63) is 0 Å². The van der Waals surface area contributed by atoms with Crippen LogP contribution >= 0.6 is 0 Å². The van der Waals surface area contributed by atoms with Crippen LogP contribution in [-0.2, 0) is 15.0 Å². The van der Waals surface area contributed by atoms with E-state index in [1.165, 1.54) is 12.8 Å². The number of carbonyl (C=O) groups is 1. The monoisotopic (exact) mass is 359 g/mol. The molecular weight excluding hydrogens is 330 g/mol. The highest BCUT2D eigenvalue weighted by molar-refractivity contribution is 7.87. The van der Waals surface area contributed by atoms with E-state index in [1.54, 1.807) is 4.31 Å². The summed E-state index contributed by atoms with van der Waals surface area (Å²) in [5, 5.41) is 9.08. The Balaban J connectivity index is 1.48. The Morgan fingerprint density at radius 3 is 2.29 bits per heavy atom. The quantitative estimate of drug-likeness (QED) is 0.675. The fourth-order valence-corrected chi connectivity index (χ4v) is 5.20. The van der Waals surface area contributed by atoms with Crippen LogP contribution in [0.1, 0.15) is 51.4 Å². The first-order valence-electron chi connectivity index (χ1n) is 9.17. The summed E-state index contributed by atoms with van der Waals surface area (Å²) < 4.78 is 29.4. The van der Waals surface area contributed by atoms with Gasteiger partial charge in [0.1, 0.15) is 0 Å². The number of carboxylic acids is 1. The highest BCUT2D eigenvalue weighted by Crippen LogP contribution is 2.34. The summed E-state index contributed by atoms with van der Waals surface area (Å²) in [5.41, 5.74) is 0. The Kier molecular flexibility index (Phi) is 5.79. The van der Waals surface area contributed by atoms with Crippen LogP contribution in [0.2, 0.25) is 0 Å². The third-order valence-electron chi connectivity index (χ3n) is 5.38. The van der Waals surface area contributed by atoms with E-state index >= 15 is 0 Å². The van der Waals surface area contributed by atoms with Gasteiger partial charge in [-0.1, -0.05) is 12.8 Å². The van der Waals surface area contributed by atoms with Crippen LogP contribution in [0.25, 0.3) is 0 Å². The first kappa shape index (κ1) is 18.1. The highest BCUT2D eigenvalue weighted by Gasteiger charge is 2.39. The van der Waals surface area contributed by atoms with E-state index in [0.29, 0.717) is 31.8 Å². The van der Waals surface area contributed by atoms with Gasteiger partial charge in [0.25, 0.3) is 10.2 Å². The zero-order chi connectivity index (χ0) is 17.2. The molecule has 3 fully saturated rings. The summed E-state index contributed by atoms with van der Waals surface area (Å²) in [6.45, 7) is 2.12. The molecule has 3 rings (SSSR count). The van der Waals surface area contributed by atoms with Crippen molar-refractivity contribution in [3.63, 3.8) is 0 Å². The maximum Gasteiger partial charge on any atom is 0.317 e. The van der Waals surface area contributed by atoms with Gasteiger partial charge in [-0.25, -0.2) is 0 Å². The molecule has 1 aliphatic heterocycles. The van der Waals surface area contributed by atoms with Crippen molar-refractivity contribution >= 4 is 16.2 Å². The molecule has 0 bridgehead atoms. The Bertz CT molecular complexity index is 536. The molecule has 8 heteroatoms. The first-order valence-corrected chi connectivity index (χ1v) is 10.6. The summed E-state index contributed by atoms with van der Waals surface area (Å²) in [6.07, 6.45) is 7.87. The van der Waals surface area contributed by atoms with Crippen molar-refractivity contribution in [3.8, 4) is 0 Å². The van der Waals surface area contributed by atoms with Gasteiger partial charge >= 0.3 is 5.97 Å². The van der Waals surface area contributed by atoms with Crippen molar-refractivity contribution < 1.29 is 18.3 Å². The van der Waals surface area contributed by atoms with E-state index in [1.807, 2.05) is 4.90 Å². The average Bonchev–Trinajstić information content (AvgIpc) is 3.27. The third kappa shape index (κ3) is 4.91. The van der Waals surface area contributed by atoms with E-state index < -0.39 is 16.2 Å². The van der Waals surface area contributed by atoms with Crippen molar-refractivity contribution in [1.29, 1.82) is 0 Å². The van der Waals surface area contributed by atoms with Gasteiger partial charge in [0.15, 0.2) is 0 Å². The smallest absolute Gasteiger partial charge is 0.317 e. The average molecular weight is 359 g/mol. The summed E-state index contributed by atoms with van der Waals surface area (Å²) in [4.78, 5) is 13.1. The molecule has 0 unspecified atom stereocenters. The molecule has 3 aliphatic rings. The van der Waals surface area contributed by atoms with Crippen molar-refractivity contribution in [2.75, 3.05) is 26.2 Å². The lowest BCUT2D eigenvalue weighted by Gasteiger charge is -2.43. The lowest BCUT2D eigenvalue weighted by Crippen LogP contribution is -2.57. The molecule has 1 heterocycles. The van der Waals surface area contributed by atoms with Gasteiger partial charge in [-0.3, -0.25) is 9.69 Å². The van der Waals surface area contributed by atoms with Gasteiger partial charge < -0.3 is 5.11 Å². The number of nitrogens with zero attached hydrogens (tertiary/aromatic N) is 2. The molecule has 0 radical (unpaired) electrons. The zero-order valence-electron chi connectivity index (χ0n) is 14.2. The molecular formula is C16H29N3O4S. The number of hydrogen-bond acceptors (Lipinski definition) is 4. The summed E-state index contributed by atoms with van der Waals surface area (Å²) >= 11 is 0. The SMILES string of the molecule is O=C(O)CN(CC1CC1)C1CC(NS(=O)(=O)N2CCCCCC2)C1. The number of hydrogen-bond donors (Lipinski definition) is 2. The maximum atomic E-state index is 12.5. The van der Waals surface area contributed by atoms with Crippen molar-refractivity contribution in [2.24, 2.45) is 5.92 Å². The molecule has 2 aliphatic carbocycles. The van der Waals surface area contributed by atoms with E-state index in [9.17, 15) is 13.2 Å². The molecule has 7 nitrogen and oxygen atoms in total. The molecule has 24 heavy (non-hydrogen) atoms. The largest absolute Gasteiger partial charge is 0.480 e. The minimum atomic E-state index is -3.40. The van der Waals surface area contributed by atoms with Crippen LogP contribution in [0.5, 0.6) is 0 Å². The van der Waals surface area contributed by atoms with E-state index in [-0.39, 0.29) is 18.6 Å². The van der Waals surface area contributed by atoms with Gasteiger partial charge in [0.2, 0.25) is 0 Å². The predicted octanol–water partition coefficient (Wildman–Crippen LogP) is 1.02. The van der Waals surface area contributed by atoms with Crippen LogP contribution in [-0.4, -0.2) is 67.0 Å². The number of carboxylic acid groups (broad SMARTS) is 1. The predicted molar refractivity (Wildman–Crippen MR) is 90.8 cm³/mol. The Morgan fingerprint density at radius 2 is 1.75 bits per heavy atom. The summed E-state index contributed by atoms with van der Waals surface area (Å²) in [6, 6.07) is 0.136. The molecule has 0 aromatic rings. The Labute approximate surface area is 144 Å². The number of rotatable bonds is 8. The molecule has 0 aromatic heterocycles. The third-order valence-corrected chi connectivity index (χ3v) is 7.05. The fourth-order valence-electron chi connectivity index (χ4n) is 3.70. The Hall–Kier alpha value is -0.700. The van der Waals surface area contributed by atoms with Gasteiger partial charge in [-0.05, 0) is 44.4 Å². The lowest BCUT2D eigenvalue weighted by atomic mass is 9.86. The second kappa shape index (κ2) is 7.68. The second-order valence-electron chi connectivity index (χ2n) is 7.52. The maximum absolute atomic E-state index is 12.5. The summed E-state index contributed by atoms with van der Waals surface area (Å²) in [7, 11) is -3.40. The van der Waals surface area contributed by atoms with Gasteiger partial charge in [-0.2, -0.15) is 17.4 Å². The van der Waals surface area contributed by atoms with Crippen LogP contribution in [0.15, 0.2) is 0 Å². The van der Waals surface area contributed by atoms with Crippen LogP contribution in [0.3, 0.4) is 0 Å². The molecule has 0 atom stereocenters. The first-order chi connectivity index (χ1) is 11.4. The molecule has 0 amide bonds. The van der Waals surface area contributed by atoms with Crippen LogP contribution < -0.4 is 4.72 Å². The van der Waals surface area contributed by atoms with Crippen molar-refractivity contribution in [1.82, 2.24) is 13.9 Å². The lowest BCUT2D eigenvalue weighted by molar-refractivity contribution is -0.139. The topological polar surface area (TPSA) is 90.0 Å². The minimum Gasteiger partial charge on any atom is -0.480 e. The second-order valence-corrected chi connectivity index (χ2v) is 9.23. The summed E-state index contributed by atoms with van der Waals surface area (Å²) in [5.74, 6) is -0.165.